The molecule has 0 heterocycles. The highest BCUT2D eigenvalue weighted by Crippen LogP contribution is 2.18. The van der Waals surface area contributed by atoms with Crippen LogP contribution >= 0.6 is 0 Å². The standard InChI is InChI=1S/C14H30N2O/c1-11(2)8-12(10-16(6)7)15-13(17)9-14(3,4)5/h11-12H,8-10H2,1-7H3,(H,15,17). The van der Waals surface area contributed by atoms with Crippen LogP contribution in [0, 0.1) is 11.3 Å². The molecule has 0 aliphatic rings. The van der Waals surface area contributed by atoms with E-state index in [2.05, 4.69) is 44.8 Å². The summed E-state index contributed by atoms with van der Waals surface area (Å²) in [5.41, 5.74) is 0.0601. The van der Waals surface area contributed by atoms with Crippen molar-refractivity contribution in [2.45, 2.75) is 53.5 Å². The molecule has 1 unspecified atom stereocenters. The van der Waals surface area contributed by atoms with Gasteiger partial charge in [-0.25, -0.2) is 0 Å². The first-order valence-electron chi connectivity index (χ1n) is 6.54. The van der Waals surface area contributed by atoms with E-state index in [1.54, 1.807) is 0 Å². The van der Waals surface area contributed by atoms with Crippen molar-refractivity contribution in [3.8, 4) is 0 Å². The molecule has 0 bridgehead atoms. The van der Waals surface area contributed by atoms with Gasteiger partial charge in [-0.05, 0) is 31.8 Å². The molecule has 0 aromatic heterocycles. The average Bonchev–Trinajstić information content (AvgIpc) is 1.95. The van der Waals surface area contributed by atoms with Crippen LogP contribution in [0.5, 0.6) is 0 Å². The highest BCUT2D eigenvalue weighted by atomic mass is 16.1. The quantitative estimate of drug-likeness (QED) is 0.776. The Morgan fingerprint density at radius 2 is 1.76 bits per heavy atom. The maximum absolute atomic E-state index is 11.9. The zero-order valence-electron chi connectivity index (χ0n) is 12.6. The van der Waals surface area contributed by atoms with Crippen molar-refractivity contribution in [2.75, 3.05) is 20.6 Å². The van der Waals surface area contributed by atoms with Gasteiger partial charge < -0.3 is 10.2 Å². The minimum Gasteiger partial charge on any atom is -0.352 e. The van der Waals surface area contributed by atoms with Gasteiger partial charge in [0.2, 0.25) is 5.91 Å². The van der Waals surface area contributed by atoms with E-state index in [4.69, 9.17) is 0 Å². The van der Waals surface area contributed by atoms with E-state index in [-0.39, 0.29) is 17.4 Å². The minimum atomic E-state index is 0.0601. The van der Waals surface area contributed by atoms with E-state index in [0.29, 0.717) is 12.3 Å². The summed E-state index contributed by atoms with van der Waals surface area (Å²) in [6.45, 7) is 11.6. The summed E-state index contributed by atoms with van der Waals surface area (Å²) in [4.78, 5) is 14.0. The number of hydrogen-bond acceptors (Lipinski definition) is 2. The van der Waals surface area contributed by atoms with Gasteiger partial charge in [-0.15, -0.1) is 0 Å². The highest BCUT2D eigenvalue weighted by Gasteiger charge is 2.19. The smallest absolute Gasteiger partial charge is 0.220 e. The van der Waals surface area contributed by atoms with Gasteiger partial charge in [-0.2, -0.15) is 0 Å². The number of hydrogen-bond donors (Lipinski definition) is 1. The fourth-order valence-electron chi connectivity index (χ4n) is 1.95. The molecule has 0 rings (SSSR count). The summed E-state index contributed by atoms with van der Waals surface area (Å²) in [5, 5.41) is 3.16. The van der Waals surface area contributed by atoms with E-state index < -0.39 is 0 Å². The first-order valence-corrected chi connectivity index (χ1v) is 6.54. The lowest BCUT2D eigenvalue weighted by molar-refractivity contribution is -0.123. The van der Waals surface area contributed by atoms with Crippen molar-refractivity contribution in [1.82, 2.24) is 10.2 Å². The van der Waals surface area contributed by atoms with Gasteiger partial charge in [0.1, 0.15) is 0 Å². The Morgan fingerprint density at radius 3 is 2.12 bits per heavy atom. The Kier molecular flexibility index (Phi) is 6.76. The number of amides is 1. The van der Waals surface area contributed by atoms with Crippen LogP contribution < -0.4 is 5.32 Å². The molecule has 0 aromatic rings. The maximum atomic E-state index is 11.9. The molecule has 0 aromatic carbocycles. The van der Waals surface area contributed by atoms with Crippen LogP contribution in [0.2, 0.25) is 0 Å². The molecular formula is C14H30N2O. The van der Waals surface area contributed by atoms with E-state index in [1.165, 1.54) is 0 Å². The van der Waals surface area contributed by atoms with E-state index in [9.17, 15) is 4.79 Å². The summed E-state index contributed by atoms with van der Waals surface area (Å²) in [6.07, 6.45) is 1.63. The largest absolute Gasteiger partial charge is 0.352 e. The summed E-state index contributed by atoms with van der Waals surface area (Å²) < 4.78 is 0. The number of likely N-dealkylation sites (N-methyl/N-ethyl adjacent to an activating group) is 1. The highest BCUT2D eigenvalue weighted by molar-refractivity contribution is 5.76. The van der Waals surface area contributed by atoms with E-state index in [1.807, 2.05) is 14.1 Å². The lowest BCUT2D eigenvalue weighted by atomic mass is 9.91. The lowest BCUT2D eigenvalue weighted by Gasteiger charge is -2.26. The van der Waals surface area contributed by atoms with Gasteiger partial charge in [0.25, 0.3) is 0 Å². The van der Waals surface area contributed by atoms with Crippen LogP contribution in [0.15, 0.2) is 0 Å². The molecule has 0 fully saturated rings. The van der Waals surface area contributed by atoms with E-state index in [0.717, 1.165) is 13.0 Å². The van der Waals surface area contributed by atoms with Crippen LogP contribution in [0.1, 0.15) is 47.5 Å². The second-order valence-corrected chi connectivity index (χ2v) is 6.89. The average molecular weight is 242 g/mol. The Hall–Kier alpha value is -0.570. The Balaban J connectivity index is 4.27. The van der Waals surface area contributed by atoms with Crippen LogP contribution in [-0.2, 0) is 4.79 Å². The van der Waals surface area contributed by atoms with Gasteiger partial charge in [-0.1, -0.05) is 34.6 Å². The normalized spacial score (nSPS) is 14.2. The molecule has 102 valence electrons. The van der Waals surface area contributed by atoms with Crippen molar-refractivity contribution in [3.05, 3.63) is 0 Å². The van der Waals surface area contributed by atoms with Crippen molar-refractivity contribution >= 4 is 5.91 Å². The number of rotatable bonds is 6. The molecule has 1 N–H and O–H groups in total. The van der Waals surface area contributed by atoms with Gasteiger partial charge in [0.05, 0.1) is 0 Å². The van der Waals surface area contributed by atoms with Crippen molar-refractivity contribution in [1.29, 1.82) is 0 Å². The molecule has 1 atom stereocenters. The molecule has 0 spiro atoms. The van der Waals surface area contributed by atoms with Crippen LogP contribution in [0.3, 0.4) is 0 Å². The number of carbonyl (C=O) groups is 1. The zero-order chi connectivity index (χ0) is 13.6. The van der Waals surface area contributed by atoms with Crippen molar-refractivity contribution in [2.24, 2.45) is 11.3 Å². The second kappa shape index (κ2) is 7.00. The molecular weight excluding hydrogens is 212 g/mol. The fourth-order valence-corrected chi connectivity index (χ4v) is 1.95. The molecule has 17 heavy (non-hydrogen) atoms. The Morgan fingerprint density at radius 1 is 1.24 bits per heavy atom. The van der Waals surface area contributed by atoms with Crippen LogP contribution in [-0.4, -0.2) is 37.5 Å². The molecule has 0 radical (unpaired) electrons. The van der Waals surface area contributed by atoms with Crippen molar-refractivity contribution in [3.63, 3.8) is 0 Å². The van der Waals surface area contributed by atoms with Gasteiger partial charge in [0.15, 0.2) is 0 Å². The molecule has 0 aliphatic heterocycles. The summed E-state index contributed by atoms with van der Waals surface area (Å²) in [7, 11) is 4.09. The number of nitrogens with zero attached hydrogens (tertiary/aromatic N) is 1. The number of nitrogens with one attached hydrogen (secondary N) is 1. The zero-order valence-corrected chi connectivity index (χ0v) is 12.6. The summed E-state index contributed by atoms with van der Waals surface area (Å²) in [6, 6.07) is 0.264. The lowest BCUT2D eigenvalue weighted by Crippen LogP contribution is -2.43. The monoisotopic (exact) mass is 242 g/mol. The van der Waals surface area contributed by atoms with Crippen molar-refractivity contribution < 1.29 is 4.79 Å². The van der Waals surface area contributed by atoms with Crippen LogP contribution in [0.4, 0.5) is 0 Å². The first-order chi connectivity index (χ1) is 7.60. The third kappa shape index (κ3) is 10.3. The first kappa shape index (κ1) is 16.4. The fraction of sp³-hybridized carbons (Fsp3) is 0.929. The molecule has 0 aliphatic carbocycles. The SMILES string of the molecule is CC(C)CC(CN(C)C)NC(=O)CC(C)(C)C. The summed E-state index contributed by atoms with van der Waals surface area (Å²) >= 11 is 0. The van der Waals surface area contributed by atoms with Crippen LogP contribution in [0.25, 0.3) is 0 Å². The Bertz CT molecular complexity index is 219. The molecule has 3 nitrogen and oxygen atoms in total. The second-order valence-electron chi connectivity index (χ2n) is 6.89. The van der Waals surface area contributed by atoms with Gasteiger partial charge >= 0.3 is 0 Å². The maximum Gasteiger partial charge on any atom is 0.220 e. The number of carbonyl (C=O) groups excluding carboxylic acids is 1. The topological polar surface area (TPSA) is 32.3 Å². The van der Waals surface area contributed by atoms with Gasteiger partial charge in [-0.3, -0.25) is 4.79 Å². The molecule has 3 heteroatoms. The molecule has 0 saturated carbocycles. The predicted molar refractivity (Wildman–Crippen MR) is 74.0 cm³/mol. The summed E-state index contributed by atoms with van der Waals surface area (Å²) in [5.74, 6) is 0.778. The minimum absolute atomic E-state index is 0.0601. The molecule has 0 saturated heterocycles. The van der Waals surface area contributed by atoms with Gasteiger partial charge in [0, 0.05) is 19.0 Å². The Labute approximate surface area is 107 Å². The predicted octanol–water partition coefficient (Wildman–Crippen LogP) is 2.52. The molecule has 1 amide bonds. The third-order valence-corrected chi connectivity index (χ3v) is 2.40. The third-order valence-electron chi connectivity index (χ3n) is 2.40. The van der Waals surface area contributed by atoms with E-state index >= 15 is 0 Å².